The molecule has 1 amide bonds. The molecule has 0 saturated carbocycles. The first-order chi connectivity index (χ1) is 14.9. The van der Waals surface area contributed by atoms with E-state index in [2.05, 4.69) is 20.0 Å². The summed E-state index contributed by atoms with van der Waals surface area (Å²) in [5.74, 6) is -0.0633. The number of hydrogen-bond donors (Lipinski definition) is 3. The van der Waals surface area contributed by atoms with Crippen molar-refractivity contribution < 1.29 is 13.2 Å². The van der Waals surface area contributed by atoms with Gasteiger partial charge in [0.05, 0.1) is 4.90 Å². The third-order valence-electron chi connectivity index (χ3n) is 4.82. The Kier molecular flexibility index (Phi) is 6.16. The van der Waals surface area contributed by atoms with E-state index in [1.54, 1.807) is 48.7 Å². The van der Waals surface area contributed by atoms with E-state index in [9.17, 15) is 13.2 Å². The number of nitrogens with one attached hydrogen (secondary N) is 2. The van der Waals surface area contributed by atoms with Crippen LogP contribution in [0.15, 0.2) is 59.6 Å². The van der Waals surface area contributed by atoms with Gasteiger partial charge in [-0.2, -0.15) is 0 Å². The number of piperidine rings is 1. The number of nitrogens with two attached hydrogens (primary N) is 1. The molecule has 162 valence electrons. The Morgan fingerprint density at radius 2 is 1.94 bits per heavy atom. The average Bonchev–Trinajstić information content (AvgIpc) is 3.19. The van der Waals surface area contributed by atoms with Crippen LogP contribution < -0.4 is 20.7 Å². The molecule has 1 aliphatic heterocycles. The van der Waals surface area contributed by atoms with Gasteiger partial charge in [-0.25, -0.2) is 23.1 Å². The lowest BCUT2D eigenvalue weighted by Crippen LogP contribution is -2.47. The number of anilines is 3. The van der Waals surface area contributed by atoms with Gasteiger partial charge in [0, 0.05) is 25.3 Å². The number of amides is 1. The lowest BCUT2D eigenvalue weighted by atomic mass is 10.1. The van der Waals surface area contributed by atoms with Gasteiger partial charge in [-0.05, 0) is 37.1 Å². The summed E-state index contributed by atoms with van der Waals surface area (Å²) in [6, 6.07) is 13.4. The lowest BCUT2D eigenvalue weighted by Gasteiger charge is -2.32. The summed E-state index contributed by atoms with van der Waals surface area (Å²) in [5.41, 5.74) is 5.66. The monoisotopic (exact) mass is 458 g/mol. The number of hydrogen-bond acceptors (Lipinski definition) is 8. The molecule has 1 aliphatic rings. The van der Waals surface area contributed by atoms with Crippen molar-refractivity contribution in [2.24, 2.45) is 5.73 Å². The van der Waals surface area contributed by atoms with Crippen molar-refractivity contribution in [1.29, 1.82) is 0 Å². The maximum absolute atomic E-state index is 12.7. The molecule has 1 saturated heterocycles. The average molecular weight is 459 g/mol. The Morgan fingerprint density at radius 3 is 2.65 bits per heavy atom. The third kappa shape index (κ3) is 5.01. The molecular weight excluding hydrogens is 436 g/mol. The smallest absolute Gasteiger partial charge is 0.270 e. The van der Waals surface area contributed by atoms with Gasteiger partial charge in [-0.1, -0.05) is 35.6 Å². The highest BCUT2D eigenvalue weighted by molar-refractivity contribution is 7.89. The highest BCUT2D eigenvalue weighted by Crippen LogP contribution is 2.34. The van der Waals surface area contributed by atoms with Crippen molar-refractivity contribution >= 4 is 43.2 Å². The maximum atomic E-state index is 12.7. The topological polar surface area (TPSA) is 130 Å². The SMILES string of the molecule is NC(=O)c1nc(N2CCC[C@@H](NS(=O)(=O)c3ccccc3)C2)sc1Nc1ccccn1. The molecule has 9 nitrogen and oxygen atoms in total. The first-order valence-corrected chi connectivity index (χ1v) is 12.0. The number of thiazole rings is 1. The van der Waals surface area contributed by atoms with Crippen LogP contribution in [0.4, 0.5) is 16.0 Å². The van der Waals surface area contributed by atoms with Gasteiger partial charge in [0.2, 0.25) is 10.0 Å². The second kappa shape index (κ2) is 9.00. The molecule has 31 heavy (non-hydrogen) atoms. The zero-order chi connectivity index (χ0) is 21.8. The summed E-state index contributed by atoms with van der Waals surface area (Å²) in [6.07, 6.45) is 3.15. The summed E-state index contributed by atoms with van der Waals surface area (Å²) in [6.45, 7) is 1.15. The molecule has 0 bridgehead atoms. The van der Waals surface area contributed by atoms with Gasteiger partial charge in [-0.3, -0.25) is 4.79 Å². The number of sulfonamides is 1. The fraction of sp³-hybridized carbons (Fsp3) is 0.250. The number of pyridine rings is 1. The van der Waals surface area contributed by atoms with E-state index in [4.69, 9.17) is 5.73 Å². The van der Waals surface area contributed by atoms with Crippen LogP contribution >= 0.6 is 11.3 Å². The molecule has 0 aliphatic carbocycles. The van der Waals surface area contributed by atoms with E-state index in [1.807, 2.05) is 11.0 Å². The molecule has 1 aromatic carbocycles. The van der Waals surface area contributed by atoms with Crippen LogP contribution in [0.5, 0.6) is 0 Å². The number of carbonyl (C=O) groups excluding carboxylic acids is 1. The van der Waals surface area contributed by atoms with Gasteiger partial charge in [0.1, 0.15) is 10.8 Å². The minimum Gasteiger partial charge on any atom is -0.364 e. The predicted octanol–water partition coefficient (Wildman–Crippen LogP) is 2.33. The quantitative estimate of drug-likeness (QED) is 0.495. The van der Waals surface area contributed by atoms with E-state index in [0.29, 0.717) is 29.0 Å². The van der Waals surface area contributed by atoms with E-state index in [1.165, 1.54) is 11.3 Å². The summed E-state index contributed by atoms with van der Waals surface area (Å²) in [4.78, 5) is 22.7. The molecule has 4 rings (SSSR count). The van der Waals surface area contributed by atoms with Crippen molar-refractivity contribution in [3.63, 3.8) is 0 Å². The minimum atomic E-state index is -3.61. The van der Waals surface area contributed by atoms with Crippen molar-refractivity contribution in [2.75, 3.05) is 23.3 Å². The van der Waals surface area contributed by atoms with Crippen LogP contribution in [0, 0.1) is 0 Å². The van der Waals surface area contributed by atoms with E-state index >= 15 is 0 Å². The highest BCUT2D eigenvalue weighted by Gasteiger charge is 2.28. The van der Waals surface area contributed by atoms with Crippen molar-refractivity contribution in [3.05, 3.63) is 60.4 Å². The lowest BCUT2D eigenvalue weighted by molar-refractivity contribution is 0.0997. The Bertz CT molecular complexity index is 1150. The van der Waals surface area contributed by atoms with Crippen LogP contribution in [-0.2, 0) is 10.0 Å². The van der Waals surface area contributed by atoms with E-state index < -0.39 is 15.9 Å². The standard InChI is InChI=1S/C20H22N6O3S2/c21-18(27)17-19(23-16-10-4-5-11-22-16)30-20(24-17)26-12-6-7-14(13-26)25-31(28,29)15-8-2-1-3-9-15/h1-5,8-11,14,25H,6-7,12-13H2,(H2,21,27)(H,22,23)/t14-/m1/s1. The highest BCUT2D eigenvalue weighted by atomic mass is 32.2. The maximum Gasteiger partial charge on any atom is 0.270 e. The van der Waals surface area contributed by atoms with Crippen LogP contribution in [0.2, 0.25) is 0 Å². The normalized spacial score (nSPS) is 16.8. The van der Waals surface area contributed by atoms with Crippen LogP contribution in [0.25, 0.3) is 0 Å². The Balaban J connectivity index is 1.51. The molecule has 3 heterocycles. The third-order valence-corrected chi connectivity index (χ3v) is 7.39. The van der Waals surface area contributed by atoms with Crippen molar-refractivity contribution in [3.8, 4) is 0 Å². The second-order valence-electron chi connectivity index (χ2n) is 7.10. The molecule has 2 aromatic heterocycles. The minimum absolute atomic E-state index is 0.137. The molecule has 3 aromatic rings. The first kappa shape index (κ1) is 21.2. The zero-order valence-corrected chi connectivity index (χ0v) is 18.2. The zero-order valence-electron chi connectivity index (χ0n) is 16.6. The van der Waals surface area contributed by atoms with Gasteiger partial charge >= 0.3 is 0 Å². The number of primary amides is 1. The summed E-state index contributed by atoms with van der Waals surface area (Å²) in [5, 5.41) is 4.21. The van der Waals surface area contributed by atoms with Crippen LogP contribution in [0.1, 0.15) is 23.3 Å². The molecule has 0 unspecified atom stereocenters. The molecule has 11 heteroatoms. The number of aromatic nitrogens is 2. The molecule has 1 atom stereocenters. The number of carbonyl (C=O) groups is 1. The summed E-state index contributed by atoms with van der Waals surface area (Å²) < 4.78 is 28.1. The Morgan fingerprint density at radius 1 is 1.16 bits per heavy atom. The summed E-state index contributed by atoms with van der Waals surface area (Å²) in [7, 11) is -3.61. The molecule has 0 radical (unpaired) electrons. The number of nitrogens with zero attached hydrogens (tertiary/aromatic N) is 3. The second-order valence-corrected chi connectivity index (χ2v) is 9.79. The fourth-order valence-corrected chi connectivity index (χ4v) is 5.68. The van der Waals surface area contributed by atoms with Gasteiger partial charge in [0.15, 0.2) is 10.8 Å². The Labute approximate surface area is 184 Å². The molecular formula is C20H22N6O3S2. The van der Waals surface area contributed by atoms with E-state index in [-0.39, 0.29) is 16.6 Å². The first-order valence-electron chi connectivity index (χ1n) is 9.73. The molecule has 4 N–H and O–H groups in total. The van der Waals surface area contributed by atoms with Gasteiger partial charge < -0.3 is 16.0 Å². The van der Waals surface area contributed by atoms with E-state index in [0.717, 1.165) is 12.8 Å². The van der Waals surface area contributed by atoms with Gasteiger partial charge in [0.25, 0.3) is 5.91 Å². The predicted molar refractivity (Wildman–Crippen MR) is 120 cm³/mol. The number of benzene rings is 1. The molecule has 1 fully saturated rings. The van der Waals surface area contributed by atoms with Crippen LogP contribution in [0.3, 0.4) is 0 Å². The fourth-order valence-electron chi connectivity index (χ4n) is 3.38. The summed E-state index contributed by atoms with van der Waals surface area (Å²) >= 11 is 1.29. The van der Waals surface area contributed by atoms with Crippen molar-refractivity contribution in [2.45, 2.75) is 23.8 Å². The van der Waals surface area contributed by atoms with Crippen molar-refractivity contribution in [1.82, 2.24) is 14.7 Å². The molecule has 0 spiro atoms. The number of rotatable bonds is 7. The van der Waals surface area contributed by atoms with Gasteiger partial charge in [-0.15, -0.1) is 0 Å². The van der Waals surface area contributed by atoms with Crippen LogP contribution in [-0.4, -0.2) is 43.4 Å². The largest absolute Gasteiger partial charge is 0.364 e. The Hall–Kier alpha value is -3.02.